The Hall–Kier alpha value is 0.576. The molecule has 96 valence electrons. The van der Waals surface area contributed by atoms with Crippen molar-refractivity contribution in [1.29, 1.82) is 0 Å². The number of aliphatic carboxylic acids is 2. The minimum atomic E-state index is -0.714. The van der Waals surface area contributed by atoms with Crippen molar-refractivity contribution in [2.24, 2.45) is 0 Å². The first-order valence-electron chi connectivity index (χ1n) is 6.06. The van der Waals surface area contributed by atoms with Crippen LogP contribution in [0.4, 0.5) is 0 Å². The molecule has 0 aromatic rings. The van der Waals surface area contributed by atoms with E-state index in [2.05, 4.69) is 0 Å². The van der Waals surface area contributed by atoms with Crippen molar-refractivity contribution < 1.29 is 72.6 Å². The van der Waals surface area contributed by atoms with E-state index >= 15 is 0 Å². The second-order valence-corrected chi connectivity index (χ2v) is 4.12. The Balaban J connectivity index is -0.00000112. The van der Waals surface area contributed by atoms with Gasteiger partial charge in [-0.05, 0) is 12.8 Å². The standard InChI is InChI=1S/C12H22O4.K.H/c13-11(14)9-7-5-3-1-2-4-6-8-10-12(15)16;;/h1-10H2,(H,13,14)(H,15,16);;/q;+1;-1. The third-order valence-electron chi connectivity index (χ3n) is 2.53. The molecule has 0 bridgehead atoms. The summed E-state index contributed by atoms with van der Waals surface area (Å²) in [5, 5.41) is 16.8. The van der Waals surface area contributed by atoms with Gasteiger partial charge in [-0.15, -0.1) is 0 Å². The van der Waals surface area contributed by atoms with Crippen molar-refractivity contribution in [1.82, 2.24) is 0 Å². The Labute approximate surface area is 147 Å². The molecule has 5 heteroatoms. The Morgan fingerprint density at radius 3 is 1.12 bits per heavy atom. The molecule has 0 aliphatic heterocycles. The number of hydrogen-bond donors (Lipinski definition) is 2. The van der Waals surface area contributed by atoms with Crippen LogP contribution in [0.5, 0.6) is 0 Å². The van der Waals surface area contributed by atoms with Gasteiger partial charge in [0.1, 0.15) is 0 Å². The molecule has 0 atom stereocenters. The maximum absolute atomic E-state index is 10.2. The normalized spacial score (nSPS) is 9.65. The van der Waals surface area contributed by atoms with Crippen molar-refractivity contribution in [2.45, 2.75) is 64.2 Å². The maximum Gasteiger partial charge on any atom is 1.00 e. The van der Waals surface area contributed by atoms with Crippen LogP contribution in [0.25, 0.3) is 0 Å². The fourth-order valence-electron chi connectivity index (χ4n) is 1.61. The molecule has 0 rings (SSSR count). The zero-order chi connectivity index (χ0) is 12.2. The summed E-state index contributed by atoms with van der Waals surface area (Å²) in [5.74, 6) is -1.43. The molecule has 0 aromatic carbocycles. The van der Waals surface area contributed by atoms with E-state index in [9.17, 15) is 9.59 Å². The van der Waals surface area contributed by atoms with Gasteiger partial charge in [0.05, 0.1) is 0 Å². The van der Waals surface area contributed by atoms with Crippen LogP contribution < -0.4 is 51.4 Å². The monoisotopic (exact) mass is 270 g/mol. The van der Waals surface area contributed by atoms with Crippen LogP contribution in [0.2, 0.25) is 0 Å². The molecule has 0 fully saturated rings. The van der Waals surface area contributed by atoms with Crippen molar-refractivity contribution >= 4 is 11.9 Å². The molecule has 4 nitrogen and oxygen atoms in total. The quantitative estimate of drug-likeness (QED) is 0.415. The van der Waals surface area contributed by atoms with Gasteiger partial charge in [-0.3, -0.25) is 9.59 Å². The van der Waals surface area contributed by atoms with Gasteiger partial charge in [-0.1, -0.05) is 38.5 Å². The number of hydrogen-bond acceptors (Lipinski definition) is 2. The minimum absolute atomic E-state index is 0. The van der Waals surface area contributed by atoms with Gasteiger partial charge in [-0.25, -0.2) is 0 Å². The van der Waals surface area contributed by atoms with Crippen LogP contribution >= 0.6 is 0 Å². The summed E-state index contributed by atoms with van der Waals surface area (Å²) in [6, 6.07) is 0. The number of carboxylic acids is 2. The van der Waals surface area contributed by atoms with Crippen molar-refractivity contribution in [3.8, 4) is 0 Å². The Bertz CT molecular complexity index is 190. The molecular weight excluding hydrogens is 247 g/mol. The fourth-order valence-corrected chi connectivity index (χ4v) is 1.61. The van der Waals surface area contributed by atoms with Gasteiger partial charge in [0, 0.05) is 12.8 Å². The van der Waals surface area contributed by atoms with Crippen LogP contribution in [0.1, 0.15) is 65.6 Å². The summed E-state index contributed by atoms with van der Waals surface area (Å²) in [4.78, 5) is 20.4. The molecule has 0 unspecified atom stereocenters. The summed E-state index contributed by atoms with van der Waals surface area (Å²) in [6.45, 7) is 0. The summed E-state index contributed by atoms with van der Waals surface area (Å²) in [7, 11) is 0. The molecule has 0 aliphatic carbocycles. The number of carboxylic acid groups (broad SMARTS) is 2. The first-order valence-corrected chi connectivity index (χ1v) is 6.06. The molecule has 0 aliphatic rings. The zero-order valence-electron chi connectivity index (χ0n) is 11.8. The number of carbonyl (C=O) groups is 2. The SMILES string of the molecule is O=C(O)CCCCCCCCCCC(=O)O.[H-].[K+]. The van der Waals surface area contributed by atoms with E-state index in [1.54, 1.807) is 0 Å². The van der Waals surface area contributed by atoms with Crippen LogP contribution in [0, 0.1) is 0 Å². The smallest absolute Gasteiger partial charge is 1.00 e. The molecule has 0 spiro atoms. The molecule has 0 amide bonds. The van der Waals surface area contributed by atoms with Gasteiger partial charge in [0.2, 0.25) is 0 Å². The van der Waals surface area contributed by atoms with Crippen LogP contribution in [-0.2, 0) is 9.59 Å². The molecule has 17 heavy (non-hydrogen) atoms. The molecule has 0 saturated heterocycles. The van der Waals surface area contributed by atoms with E-state index in [1.165, 1.54) is 0 Å². The molecule has 2 N–H and O–H groups in total. The summed E-state index contributed by atoms with van der Waals surface area (Å²) in [5.41, 5.74) is 0. The van der Waals surface area contributed by atoms with Crippen molar-refractivity contribution in [3.63, 3.8) is 0 Å². The van der Waals surface area contributed by atoms with Gasteiger partial charge < -0.3 is 11.6 Å². The molecule has 0 radical (unpaired) electrons. The third kappa shape index (κ3) is 19.1. The minimum Gasteiger partial charge on any atom is -1.00 e. The van der Waals surface area contributed by atoms with Crippen LogP contribution in [0.3, 0.4) is 0 Å². The largest absolute Gasteiger partial charge is 1.00 e. The maximum atomic E-state index is 10.2. The van der Waals surface area contributed by atoms with E-state index < -0.39 is 11.9 Å². The molecular formula is C12H23KO4. The van der Waals surface area contributed by atoms with Crippen LogP contribution in [0.15, 0.2) is 0 Å². The molecule has 0 aromatic heterocycles. The zero-order valence-corrected chi connectivity index (χ0v) is 13.9. The van der Waals surface area contributed by atoms with Gasteiger partial charge in [0.25, 0.3) is 0 Å². The summed E-state index contributed by atoms with van der Waals surface area (Å²) < 4.78 is 0. The van der Waals surface area contributed by atoms with E-state index in [1.807, 2.05) is 0 Å². The first-order chi connectivity index (χ1) is 7.63. The Kier molecular flexibility index (Phi) is 17.1. The van der Waals surface area contributed by atoms with Gasteiger partial charge >= 0.3 is 63.3 Å². The summed E-state index contributed by atoms with van der Waals surface area (Å²) >= 11 is 0. The van der Waals surface area contributed by atoms with E-state index in [4.69, 9.17) is 10.2 Å². The Morgan fingerprint density at radius 1 is 0.647 bits per heavy atom. The van der Waals surface area contributed by atoms with Gasteiger partial charge in [0.15, 0.2) is 0 Å². The second-order valence-electron chi connectivity index (χ2n) is 4.12. The fraction of sp³-hybridized carbons (Fsp3) is 0.833. The van der Waals surface area contributed by atoms with Crippen molar-refractivity contribution in [3.05, 3.63) is 0 Å². The second kappa shape index (κ2) is 14.6. The predicted octanol–water partition coefficient (Wildman–Crippen LogP) is 0.173. The van der Waals surface area contributed by atoms with E-state index in [0.29, 0.717) is 0 Å². The average molecular weight is 270 g/mol. The predicted molar refractivity (Wildman–Crippen MR) is 62.6 cm³/mol. The number of unbranched alkanes of at least 4 members (excludes halogenated alkanes) is 7. The summed E-state index contributed by atoms with van der Waals surface area (Å²) in [6.07, 6.45) is 8.51. The van der Waals surface area contributed by atoms with Crippen molar-refractivity contribution in [2.75, 3.05) is 0 Å². The van der Waals surface area contributed by atoms with Gasteiger partial charge in [-0.2, -0.15) is 0 Å². The number of rotatable bonds is 11. The Morgan fingerprint density at radius 2 is 0.882 bits per heavy atom. The first kappa shape index (κ1) is 19.9. The molecule has 0 heterocycles. The van der Waals surface area contributed by atoms with Crippen LogP contribution in [-0.4, -0.2) is 22.2 Å². The van der Waals surface area contributed by atoms with E-state index in [-0.39, 0.29) is 65.7 Å². The third-order valence-corrected chi connectivity index (χ3v) is 2.53. The molecule has 0 saturated carbocycles. The van der Waals surface area contributed by atoms with E-state index in [0.717, 1.165) is 51.4 Å². The average Bonchev–Trinajstić information content (AvgIpc) is 2.20. The topological polar surface area (TPSA) is 74.6 Å².